The van der Waals surface area contributed by atoms with E-state index in [1.165, 1.54) is 11.1 Å². The summed E-state index contributed by atoms with van der Waals surface area (Å²) in [5.74, 6) is 6.48. The van der Waals surface area contributed by atoms with Crippen LogP contribution < -0.4 is 0 Å². The van der Waals surface area contributed by atoms with Crippen LogP contribution in [-0.2, 0) is 6.42 Å². The van der Waals surface area contributed by atoms with Crippen LogP contribution in [0.5, 0.6) is 0 Å². The quantitative estimate of drug-likeness (QED) is 0.709. The lowest BCUT2D eigenvalue weighted by Crippen LogP contribution is -2.34. The van der Waals surface area contributed by atoms with Crippen molar-refractivity contribution in [3.05, 3.63) is 70.2 Å². The Bertz CT molecular complexity index is 696. The Hall–Kier alpha value is -1.75. The molecular formula is C19H18ClN. The molecule has 1 unspecified atom stereocenters. The summed E-state index contributed by atoms with van der Waals surface area (Å²) in [6.07, 6.45) is 1.11. The zero-order chi connectivity index (χ0) is 14.7. The van der Waals surface area contributed by atoms with Crippen LogP contribution in [0.1, 0.15) is 29.7 Å². The van der Waals surface area contributed by atoms with Crippen LogP contribution in [0.4, 0.5) is 0 Å². The Kier molecular flexibility index (Phi) is 4.29. The van der Waals surface area contributed by atoms with E-state index in [1.54, 1.807) is 0 Å². The zero-order valence-electron chi connectivity index (χ0n) is 12.1. The molecule has 0 aromatic heterocycles. The Balaban J connectivity index is 1.70. The van der Waals surface area contributed by atoms with Gasteiger partial charge in [-0.3, -0.25) is 4.90 Å². The molecule has 0 radical (unpaired) electrons. The smallest absolute Gasteiger partial charge is 0.0610 e. The second-order valence-corrected chi connectivity index (χ2v) is 5.84. The van der Waals surface area contributed by atoms with E-state index in [0.717, 1.165) is 30.1 Å². The van der Waals surface area contributed by atoms with Gasteiger partial charge >= 0.3 is 0 Å². The monoisotopic (exact) mass is 295 g/mol. The van der Waals surface area contributed by atoms with Crippen molar-refractivity contribution in [3.8, 4) is 11.8 Å². The van der Waals surface area contributed by atoms with Crippen LogP contribution in [0.15, 0.2) is 48.5 Å². The Labute approximate surface area is 131 Å². The standard InChI is InChI=1S/C19H18ClN/c1-15-19-10-3-2-8-17(19)11-13-21(15)12-5-7-16-6-4-9-18(20)14-16/h2-4,6,8-10,14-15H,11-13H2,1H3. The zero-order valence-corrected chi connectivity index (χ0v) is 12.9. The van der Waals surface area contributed by atoms with Gasteiger partial charge in [0, 0.05) is 23.2 Å². The lowest BCUT2D eigenvalue weighted by atomic mass is 9.94. The lowest BCUT2D eigenvalue weighted by Gasteiger charge is -2.33. The molecule has 0 fully saturated rings. The van der Waals surface area contributed by atoms with Crippen molar-refractivity contribution in [1.29, 1.82) is 0 Å². The fourth-order valence-corrected chi connectivity index (χ4v) is 3.04. The molecular weight excluding hydrogens is 278 g/mol. The van der Waals surface area contributed by atoms with E-state index in [4.69, 9.17) is 11.6 Å². The SMILES string of the molecule is CC1c2ccccc2CCN1CC#Cc1cccc(Cl)c1. The third-order valence-electron chi connectivity index (χ3n) is 4.06. The lowest BCUT2D eigenvalue weighted by molar-refractivity contribution is 0.225. The Morgan fingerprint density at radius 1 is 1.19 bits per heavy atom. The summed E-state index contributed by atoms with van der Waals surface area (Å²) < 4.78 is 0. The summed E-state index contributed by atoms with van der Waals surface area (Å²) in [5, 5.41) is 0.738. The fraction of sp³-hybridized carbons (Fsp3) is 0.263. The van der Waals surface area contributed by atoms with E-state index in [2.05, 4.69) is 47.9 Å². The number of nitrogens with zero attached hydrogens (tertiary/aromatic N) is 1. The van der Waals surface area contributed by atoms with Gasteiger partial charge in [0.25, 0.3) is 0 Å². The molecule has 0 saturated carbocycles. The van der Waals surface area contributed by atoms with Crippen molar-refractivity contribution in [3.63, 3.8) is 0 Å². The molecule has 1 heterocycles. The van der Waals surface area contributed by atoms with E-state index in [1.807, 2.05) is 24.3 Å². The van der Waals surface area contributed by atoms with Crippen molar-refractivity contribution >= 4 is 11.6 Å². The van der Waals surface area contributed by atoms with Gasteiger partial charge < -0.3 is 0 Å². The third-order valence-corrected chi connectivity index (χ3v) is 4.30. The molecule has 1 nitrogen and oxygen atoms in total. The predicted octanol–water partition coefficient (Wildman–Crippen LogP) is 4.31. The highest BCUT2D eigenvalue weighted by atomic mass is 35.5. The molecule has 0 saturated heterocycles. The molecule has 2 heteroatoms. The van der Waals surface area contributed by atoms with Crippen molar-refractivity contribution in [1.82, 2.24) is 4.90 Å². The second-order valence-electron chi connectivity index (χ2n) is 5.41. The maximum Gasteiger partial charge on any atom is 0.0610 e. The molecule has 106 valence electrons. The topological polar surface area (TPSA) is 3.24 Å². The first-order valence-electron chi connectivity index (χ1n) is 7.30. The molecule has 2 aromatic rings. The summed E-state index contributed by atoms with van der Waals surface area (Å²) in [5.41, 5.74) is 3.89. The summed E-state index contributed by atoms with van der Waals surface area (Å²) in [4.78, 5) is 2.43. The van der Waals surface area contributed by atoms with Crippen LogP contribution in [0.25, 0.3) is 0 Å². The average molecular weight is 296 g/mol. The van der Waals surface area contributed by atoms with Gasteiger partial charge in [0.05, 0.1) is 6.54 Å². The van der Waals surface area contributed by atoms with Crippen LogP contribution in [-0.4, -0.2) is 18.0 Å². The molecule has 0 spiro atoms. The van der Waals surface area contributed by atoms with Crippen LogP contribution in [0.3, 0.4) is 0 Å². The van der Waals surface area contributed by atoms with Gasteiger partial charge in [-0.15, -0.1) is 0 Å². The molecule has 0 N–H and O–H groups in total. The van der Waals surface area contributed by atoms with Crippen molar-refractivity contribution < 1.29 is 0 Å². The maximum absolute atomic E-state index is 5.97. The van der Waals surface area contributed by atoms with Gasteiger partial charge in [-0.2, -0.15) is 0 Å². The molecule has 0 bridgehead atoms. The number of hydrogen-bond acceptors (Lipinski definition) is 1. The fourth-order valence-electron chi connectivity index (χ4n) is 2.85. The second kappa shape index (κ2) is 6.35. The van der Waals surface area contributed by atoms with Crippen molar-refractivity contribution in [2.75, 3.05) is 13.1 Å². The van der Waals surface area contributed by atoms with E-state index in [9.17, 15) is 0 Å². The van der Waals surface area contributed by atoms with E-state index >= 15 is 0 Å². The van der Waals surface area contributed by atoms with Gasteiger partial charge in [0.15, 0.2) is 0 Å². The van der Waals surface area contributed by atoms with Crippen LogP contribution >= 0.6 is 11.6 Å². The summed E-state index contributed by atoms with van der Waals surface area (Å²) in [6, 6.07) is 16.9. The minimum atomic E-state index is 0.434. The first-order chi connectivity index (χ1) is 10.2. The Morgan fingerprint density at radius 3 is 2.90 bits per heavy atom. The minimum Gasteiger partial charge on any atom is -0.285 e. The molecule has 3 rings (SSSR count). The van der Waals surface area contributed by atoms with E-state index in [-0.39, 0.29) is 0 Å². The number of fused-ring (bicyclic) bond motifs is 1. The predicted molar refractivity (Wildman–Crippen MR) is 88.5 cm³/mol. The summed E-state index contributed by atoms with van der Waals surface area (Å²) in [7, 11) is 0. The number of benzene rings is 2. The highest BCUT2D eigenvalue weighted by Crippen LogP contribution is 2.28. The molecule has 0 aliphatic carbocycles. The van der Waals surface area contributed by atoms with Crippen LogP contribution in [0, 0.1) is 11.8 Å². The minimum absolute atomic E-state index is 0.434. The first-order valence-corrected chi connectivity index (χ1v) is 7.68. The molecule has 1 atom stereocenters. The normalized spacial score (nSPS) is 17.7. The highest BCUT2D eigenvalue weighted by molar-refractivity contribution is 6.30. The van der Waals surface area contributed by atoms with Gasteiger partial charge in [-0.25, -0.2) is 0 Å². The number of rotatable bonds is 1. The first kappa shape index (κ1) is 14.2. The molecule has 21 heavy (non-hydrogen) atoms. The van der Waals surface area contributed by atoms with E-state index in [0.29, 0.717) is 6.04 Å². The van der Waals surface area contributed by atoms with Crippen molar-refractivity contribution in [2.24, 2.45) is 0 Å². The number of halogens is 1. The highest BCUT2D eigenvalue weighted by Gasteiger charge is 2.22. The summed E-state index contributed by atoms with van der Waals surface area (Å²) in [6.45, 7) is 4.13. The van der Waals surface area contributed by atoms with Gasteiger partial charge in [0.2, 0.25) is 0 Å². The molecule has 0 amide bonds. The number of hydrogen-bond donors (Lipinski definition) is 0. The van der Waals surface area contributed by atoms with Gasteiger partial charge in [-0.05, 0) is 42.7 Å². The Morgan fingerprint density at radius 2 is 2.05 bits per heavy atom. The largest absolute Gasteiger partial charge is 0.285 e. The third kappa shape index (κ3) is 3.29. The average Bonchev–Trinajstić information content (AvgIpc) is 2.50. The summed E-state index contributed by atoms with van der Waals surface area (Å²) >= 11 is 5.97. The van der Waals surface area contributed by atoms with Crippen molar-refractivity contribution in [2.45, 2.75) is 19.4 Å². The van der Waals surface area contributed by atoms with E-state index < -0.39 is 0 Å². The molecule has 2 aromatic carbocycles. The van der Waals surface area contributed by atoms with Gasteiger partial charge in [0.1, 0.15) is 0 Å². The van der Waals surface area contributed by atoms with Crippen LogP contribution in [0.2, 0.25) is 5.02 Å². The molecule has 1 aliphatic rings. The maximum atomic E-state index is 5.97. The van der Waals surface area contributed by atoms with Gasteiger partial charge in [-0.1, -0.05) is 53.8 Å². The molecule has 1 aliphatic heterocycles.